The second kappa shape index (κ2) is 8.32. The summed E-state index contributed by atoms with van der Waals surface area (Å²) in [6.45, 7) is 0.551. The molecule has 166 valence electrons. The van der Waals surface area contributed by atoms with Crippen LogP contribution in [0.15, 0.2) is 12.2 Å². The van der Waals surface area contributed by atoms with Crippen LogP contribution in [-0.4, -0.2) is 54.4 Å². The molecule has 3 atom stereocenters. The van der Waals surface area contributed by atoms with Crippen molar-refractivity contribution in [3.05, 3.63) is 12.2 Å². The van der Waals surface area contributed by atoms with E-state index in [1.54, 1.807) is 4.90 Å². The first-order valence-corrected chi connectivity index (χ1v) is 12.7. The zero-order valence-electron chi connectivity index (χ0n) is 17.3. The van der Waals surface area contributed by atoms with Crippen LogP contribution >= 0.6 is 0 Å². The molecule has 30 heavy (non-hydrogen) atoms. The van der Waals surface area contributed by atoms with Gasteiger partial charge in [0.15, 0.2) is 0 Å². The summed E-state index contributed by atoms with van der Waals surface area (Å²) in [6.07, 6.45) is 11.9. The van der Waals surface area contributed by atoms with Crippen LogP contribution in [0.2, 0.25) is 0 Å². The number of amides is 3. The lowest BCUT2D eigenvalue weighted by atomic mass is 10.1. The molecular formula is C21H31N3O5S. The number of rotatable bonds is 3. The predicted molar refractivity (Wildman–Crippen MR) is 111 cm³/mol. The Morgan fingerprint density at radius 3 is 2.63 bits per heavy atom. The molecule has 2 aliphatic heterocycles. The van der Waals surface area contributed by atoms with Crippen molar-refractivity contribution < 1.29 is 22.8 Å². The standard InChI is InChI=1S/C21H31N3O5S/c25-18-10-6-4-2-1-3-5-8-15-14-21(15,20(27)23-30(28,29)16-11-12-16)22-19(26)17-9-7-13-24(17)18/h5,8,15-17H,1-4,6-7,9-14H2,(H,22,26)(H,23,27)/b8-5-. The highest BCUT2D eigenvalue weighted by atomic mass is 32.2. The Bertz CT molecular complexity index is 851. The summed E-state index contributed by atoms with van der Waals surface area (Å²) in [6, 6.07) is -0.586. The zero-order chi connectivity index (χ0) is 21.4. The highest BCUT2D eigenvalue weighted by molar-refractivity contribution is 7.91. The minimum absolute atomic E-state index is 0.0113. The van der Waals surface area contributed by atoms with Gasteiger partial charge in [-0.1, -0.05) is 25.0 Å². The molecule has 4 aliphatic rings. The molecule has 3 fully saturated rings. The lowest BCUT2D eigenvalue weighted by Gasteiger charge is -2.27. The van der Waals surface area contributed by atoms with Gasteiger partial charge in [-0.05, 0) is 51.4 Å². The molecule has 3 unspecified atom stereocenters. The monoisotopic (exact) mass is 437 g/mol. The van der Waals surface area contributed by atoms with Gasteiger partial charge in [0.2, 0.25) is 21.8 Å². The minimum atomic E-state index is -3.70. The number of hydrogen-bond donors (Lipinski definition) is 2. The molecule has 0 radical (unpaired) electrons. The van der Waals surface area contributed by atoms with Gasteiger partial charge in [0.1, 0.15) is 11.6 Å². The highest BCUT2D eigenvalue weighted by Gasteiger charge is 2.61. The molecule has 2 saturated carbocycles. The van der Waals surface area contributed by atoms with Crippen LogP contribution in [0.3, 0.4) is 0 Å². The quantitative estimate of drug-likeness (QED) is 0.648. The normalized spacial score (nSPS) is 34.1. The lowest BCUT2D eigenvalue weighted by Crippen LogP contribution is -2.56. The van der Waals surface area contributed by atoms with Crippen molar-refractivity contribution in [1.29, 1.82) is 0 Å². The minimum Gasteiger partial charge on any atom is -0.339 e. The van der Waals surface area contributed by atoms with Gasteiger partial charge in [-0.3, -0.25) is 19.1 Å². The SMILES string of the molecule is O=C1NC2(C(=O)NS(=O)(=O)C3CC3)CC2/C=C\CCCCCCC(=O)N2CCCC12. The summed E-state index contributed by atoms with van der Waals surface area (Å²) in [5.74, 6) is -1.25. The van der Waals surface area contributed by atoms with Crippen molar-refractivity contribution in [2.45, 2.75) is 87.5 Å². The fourth-order valence-electron chi connectivity index (χ4n) is 4.60. The summed E-state index contributed by atoms with van der Waals surface area (Å²) in [5, 5.41) is 2.34. The Kier molecular flexibility index (Phi) is 5.92. The molecule has 0 aromatic carbocycles. The predicted octanol–water partition coefficient (Wildman–Crippen LogP) is 1.37. The Balaban J connectivity index is 1.54. The number of nitrogens with one attached hydrogen (secondary N) is 2. The highest BCUT2D eigenvalue weighted by Crippen LogP contribution is 2.46. The molecule has 8 nitrogen and oxygen atoms in total. The molecular weight excluding hydrogens is 406 g/mol. The number of carbonyl (C=O) groups is 3. The summed E-state index contributed by atoms with van der Waals surface area (Å²) >= 11 is 0. The van der Waals surface area contributed by atoms with Gasteiger partial charge < -0.3 is 10.2 Å². The van der Waals surface area contributed by atoms with Crippen LogP contribution in [0, 0.1) is 5.92 Å². The maximum Gasteiger partial charge on any atom is 0.259 e. The van der Waals surface area contributed by atoms with Gasteiger partial charge in [-0.25, -0.2) is 8.42 Å². The van der Waals surface area contributed by atoms with Crippen LogP contribution in [0.4, 0.5) is 0 Å². The summed E-state index contributed by atoms with van der Waals surface area (Å²) in [5.41, 5.74) is -1.24. The molecule has 2 heterocycles. The van der Waals surface area contributed by atoms with E-state index in [0.717, 1.165) is 38.5 Å². The van der Waals surface area contributed by atoms with E-state index in [0.29, 0.717) is 38.6 Å². The summed E-state index contributed by atoms with van der Waals surface area (Å²) in [4.78, 5) is 40.3. The van der Waals surface area contributed by atoms with E-state index in [4.69, 9.17) is 0 Å². The van der Waals surface area contributed by atoms with Crippen LogP contribution in [-0.2, 0) is 24.4 Å². The van der Waals surface area contributed by atoms with Crippen molar-refractivity contribution in [3.8, 4) is 0 Å². The maximum absolute atomic E-state index is 13.1. The van der Waals surface area contributed by atoms with Gasteiger partial charge in [0, 0.05) is 18.9 Å². The maximum atomic E-state index is 13.1. The third-order valence-electron chi connectivity index (χ3n) is 6.72. The molecule has 1 saturated heterocycles. The first kappa shape index (κ1) is 21.3. The van der Waals surface area contributed by atoms with Crippen molar-refractivity contribution in [3.63, 3.8) is 0 Å². The number of sulfonamides is 1. The number of fused-ring (bicyclic) bond motifs is 2. The molecule has 0 aromatic heterocycles. The molecule has 4 rings (SSSR count). The van der Waals surface area contributed by atoms with E-state index < -0.39 is 32.8 Å². The number of carbonyl (C=O) groups excluding carboxylic acids is 3. The van der Waals surface area contributed by atoms with Gasteiger partial charge in [0.05, 0.1) is 5.25 Å². The van der Waals surface area contributed by atoms with Crippen molar-refractivity contribution in [2.75, 3.05) is 6.54 Å². The van der Waals surface area contributed by atoms with Crippen LogP contribution in [0.5, 0.6) is 0 Å². The first-order valence-electron chi connectivity index (χ1n) is 11.2. The zero-order valence-corrected chi connectivity index (χ0v) is 18.1. The van der Waals surface area contributed by atoms with Crippen molar-refractivity contribution in [2.24, 2.45) is 5.92 Å². The first-order chi connectivity index (χ1) is 14.3. The molecule has 0 aromatic rings. The smallest absolute Gasteiger partial charge is 0.259 e. The molecule has 2 N–H and O–H groups in total. The third-order valence-corrected chi connectivity index (χ3v) is 8.54. The molecule has 2 aliphatic carbocycles. The van der Waals surface area contributed by atoms with Crippen LogP contribution in [0.25, 0.3) is 0 Å². The largest absolute Gasteiger partial charge is 0.339 e. The number of allylic oxidation sites excluding steroid dienone is 1. The Hall–Kier alpha value is -1.90. The van der Waals surface area contributed by atoms with Crippen molar-refractivity contribution >= 4 is 27.7 Å². The van der Waals surface area contributed by atoms with E-state index >= 15 is 0 Å². The Morgan fingerprint density at radius 1 is 1.10 bits per heavy atom. The van der Waals surface area contributed by atoms with E-state index in [-0.39, 0.29) is 17.7 Å². The second-order valence-corrected chi connectivity index (χ2v) is 11.0. The van der Waals surface area contributed by atoms with Gasteiger partial charge in [0.25, 0.3) is 5.91 Å². The van der Waals surface area contributed by atoms with Gasteiger partial charge in [-0.15, -0.1) is 0 Å². The van der Waals surface area contributed by atoms with E-state index in [1.165, 1.54) is 0 Å². The summed E-state index contributed by atoms with van der Waals surface area (Å²) in [7, 11) is -3.70. The summed E-state index contributed by atoms with van der Waals surface area (Å²) < 4.78 is 26.8. The molecule has 0 bridgehead atoms. The van der Waals surface area contributed by atoms with Gasteiger partial charge in [-0.2, -0.15) is 0 Å². The Labute approximate surface area is 177 Å². The van der Waals surface area contributed by atoms with Gasteiger partial charge >= 0.3 is 0 Å². The van der Waals surface area contributed by atoms with Crippen molar-refractivity contribution in [1.82, 2.24) is 14.9 Å². The third kappa shape index (κ3) is 4.40. The van der Waals surface area contributed by atoms with E-state index in [2.05, 4.69) is 10.0 Å². The second-order valence-electron chi connectivity index (χ2n) is 9.07. The van der Waals surface area contributed by atoms with Crippen LogP contribution in [0.1, 0.15) is 70.6 Å². The average Bonchev–Trinajstić information content (AvgIpc) is 3.60. The number of nitrogens with zero attached hydrogens (tertiary/aromatic N) is 1. The average molecular weight is 438 g/mol. The fourth-order valence-corrected chi connectivity index (χ4v) is 5.96. The molecule has 3 amide bonds. The topological polar surface area (TPSA) is 113 Å². The van der Waals surface area contributed by atoms with E-state index in [1.807, 2.05) is 12.2 Å². The molecule has 9 heteroatoms. The Morgan fingerprint density at radius 2 is 1.87 bits per heavy atom. The van der Waals surface area contributed by atoms with E-state index in [9.17, 15) is 22.8 Å². The fraction of sp³-hybridized carbons (Fsp3) is 0.762. The lowest BCUT2D eigenvalue weighted by molar-refractivity contribution is -0.139. The molecule has 0 spiro atoms. The number of hydrogen-bond acceptors (Lipinski definition) is 5. The van der Waals surface area contributed by atoms with Crippen LogP contribution < -0.4 is 10.0 Å².